The molecule has 3 rings (SSSR count). The summed E-state index contributed by atoms with van der Waals surface area (Å²) in [5.74, 6) is -0.0857. The Morgan fingerprint density at radius 1 is 1.47 bits per heavy atom. The number of halogens is 1. The molecule has 1 amide bonds. The highest BCUT2D eigenvalue weighted by atomic mass is 79.9. The zero-order valence-corrected chi connectivity index (χ0v) is 12.1. The van der Waals surface area contributed by atoms with Crippen molar-refractivity contribution in [2.24, 2.45) is 0 Å². The highest BCUT2D eigenvalue weighted by molar-refractivity contribution is 9.09. The normalized spacial score (nSPS) is 21.2. The summed E-state index contributed by atoms with van der Waals surface area (Å²) in [5.41, 5.74) is 3.87. The quantitative estimate of drug-likeness (QED) is 0.836. The van der Waals surface area contributed by atoms with E-state index in [0.29, 0.717) is 5.56 Å². The van der Waals surface area contributed by atoms with Gasteiger partial charge in [0.25, 0.3) is 5.91 Å². The fourth-order valence-electron chi connectivity index (χ4n) is 2.51. The lowest BCUT2D eigenvalue weighted by Gasteiger charge is -2.17. The van der Waals surface area contributed by atoms with Gasteiger partial charge in [-0.2, -0.15) is 5.10 Å². The van der Waals surface area contributed by atoms with E-state index in [9.17, 15) is 4.79 Å². The molecule has 0 bridgehead atoms. The second-order valence-electron chi connectivity index (χ2n) is 4.78. The van der Waals surface area contributed by atoms with Gasteiger partial charge in [-0.25, -0.2) is 0 Å². The molecule has 0 aliphatic heterocycles. The van der Waals surface area contributed by atoms with Gasteiger partial charge in [0, 0.05) is 10.5 Å². The largest absolute Gasteiger partial charge is 0.344 e. The highest BCUT2D eigenvalue weighted by Crippen LogP contribution is 2.35. The maximum absolute atomic E-state index is 12.2. The molecule has 5 heteroatoms. The van der Waals surface area contributed by atoms with Crippen LogP contribution in [0, 0.1) is 6.92 Å². The van der Waals surface area contributed by atoms with Crippen molar-refractivity contribution in [1.82, 2.24) is 15.5 Å². The zero-order valence-electron chi connectivity index (χ0n) is 10.5. The van der Waals surface area contributed by atoms with E-state index >= 15 is 0 Å². The van der Waals surface area contributed by atoms with E-state index in [1.54, 1.807) is 6.20 Å². The predicted octanol–water partition coefficient (Wildman–Crippen LogP) is 2.51. The number of hydrogen-bond acceptors (Lipinski definition) is 2. The smallest absolute Gasteiger partial charge is 0.255 e. The molecule has 0 fully saturated rings. The van der Waals surface area contributed by atoms with E-state index in [0.717, 1.165) is 12.1 Å². The Bertz CT molecular complexity index is 623. The lowest BCUT2D eigenvalue weighted by atomic mass is 10.1. The molecule has 1 aromatic carbocycles. The first kappa shape index (κ1) is 12.4. The number of rotatable bonds is 2. The number of benzene rings is 1. The third-order valence-corrected chi connectivity index (χ3v) is 4.38. The maximum atomic E-state index is 12.2. The van der Waals surface area contributed by atoms with Crippen molar-refractivity contribution in [2.45, 2.75) is 24.2 Å². The minimum absolute atomic E-state index is 0.0120. The number of nitrogens with one attached hydrogen (secondary N) is 2. The van der Waals surface area contributed by atoms with Gasteiger partial charge in [-0.3, -0.25) is 9.89 Å². The Labute approximate surface area is 119 Å². The van der Waals surface area contributed by atoms with Gasteiger partial charge in [-0.15, -0.1) is 0 Å². The average Bonchev–Trinajstić information content (AvgIpc) is 2.94. The third kappa shape index (κ3) is 2.18. The van der Waals surface area contributed by atoms with Crippen LogP contribution in [0.1, 0.15) is 33.2 Å². The molecule has 2 aromatic rings. The van der Waals surface area contributed by atoms with E-state index in [1.807, 2.05) is 19.1 Å². The fraction of sp³-hybridized carbons (Fsp3) is 0.286. The number of nitrogens with zero attached hydrogens (tertiary/aromatic N) is 1. The third-order valence-electron chi connectivity index (χ3n) is 3.53. The average molecular weight is 320 g/mol. The molecule has 0 radical (unpaired) electrons. The molecular weight excluding hydrogens is 306 g/mol. The minimum Gasteiger partial charge on any atom is -0.344 e. The van der Waals surface area contributed by atoms with E-state index in [4.69, 9.17) is 0 Å². The Morgan fingerprint density at radius 3 is 3.00 bits per heavy atom. The minimum atomic E-state index is -0.0857. The molecule has 1 aromatic heterocycles. The number of carbonyl (C=O) groups excluding carboxylic acids is 1. The van der Waals surface area contributed by atoms with Crippen molar-refractivity contribution in [2.75, 3.05) is 0 Å². The van der Waals surface area contributed by atoms with Crippen LogP contribution >= 0.6 is 15.9 Å². The molecule has 1 aliphatic carbocycles. The first-order valence-electron chi connectivity index (χ1n) is 6.19. The standard InChI is InChI=1S/C14H14BrN3O/c1-8-11(7-16-18-8)14(19)17-13-10-5-3-2-4-9(10)6-12(13)15/h2-5,7,12-13H,6H2,1H3,(H,16,18)(H,17,19). The van der Waals surface area contributed by atoms with Crippen molar-refractivity contribution in [3.8, 4) is 0 Å². The molecule has 2 N–H and O–H groups in total. The van der Waals surface area contributed by atoms with Gasteiger partial charge in [0.05, 0.1) is 17.8 Å². The van der Waals surface area contributed by atoms with Crippen LogP contribution in [0.15, 0.2) is 30.5 Å². The maximum Gasteiger partial charge on any atom is 0.255 e. The molecule has 2 atom stereocenters. The van der Waals surface area contributed by atoms with Crippen molar-refractivity contribution >= 4 is 21.8 Å². The molecule has 4 nitrogen and oxygen atoms in total. The van der Waals surface area contributed by atoms with Gasteiger partial charge in [0.15, 0.2) is 0 Å². The summed E-state index contributed by atoms with van der Waals surface area (Å²) in [7, 11) is 0. The van der Waals surface area contributed by atoms with Crippen LogP contribution < -0.4 is 5.32 Å². The lowest BCUT2D eigenvalue weighted by molar-refractivity contribution is 0.0937. The van der Waals surface area contributed by atoms with E-state index in [2.05, 4.69) is 43.6 Å². The summed E-state index contributed by atoms with van der Waals surface area (Å²) in [6.07, 6.45) is 2.50. The molecular formula is C14H14BrN3O. The Balaban J connectivity index is 1.84. The van der Waals surface area contributed by atoms with Gasteiger partial charge < -0.3 is 5.32 Å². The molecule has 98 valence electrons. The van der Waals surface area contributed by atoms with Crippen molar-refractivity contribution in [3.05, 3.63) is 52.8 Å². The Kier molecular flexibility index (Phi) is 3.14. The van der Waals surface area contributed by atoms with Crippen molar-refractivity contribution < 1.29 is 4.79 Å². The number of aromatic nitrogens is 2. The van der Waals surface area contributed by atoms with Crippen LogP contribution in [0.4, 0.5) is 0 Å². The summed E-state index contributed by atoms with van der Waals surface area (Å²) >= 11 is 3.66. The number of alkyl halides is 1. The van der Waals surface area contributed by atoms with Crippen LogP contribution in [0.5, 0.6) is 0 Å². The molecule has 0 saturated carbocycles. The number of hydrogen-bond donors (Lipinski definition) is 2. The van der Waals surface area contributed by atoms with Gasteiger partial charge >= 0.3 is 0 Å². The number of H-pyrrole nitrogens is 1. The first-order valence-corrected chi connectivity index (χ1v) is 7.11. The van der Waals surface area contributed by atoms with E-state index in [1.165, 1.54) is 11.1 Å². The molecule has 0 saturated heterocycles. The van der Waals surface area contributed by atoms with E-state index in [-0.39, 0.29) is 16.8 Å². The molecule has 1 heterocycles. The molecule has 1 aliphatic rings. The lowest BCUT2D eigenvalue weighted by Crippen LogP contribution is -2.31. The number of carbonyl (C=O) groups is 1. The van der Waals surface area contributed by atoms with Gasteiger partial charge in [-0.1, -0.05) is 40.2 Å². The molecule has 19 heavy (non-hydrogen) atoms. The van der Waals surface area contributed by atoms with Crippen LogP contribution in [-0.4, -0.2) is 20.9 Å². The monoisotopic (exact) mass is 319 g/mol. The van der Waals surface area contributed by atoms with Crippen LogP contribution in [-0.2, 0) is 6.42 Å². The first-order chi connectivity index (χ1) is 9.16. The molecule has 0 spiro atoms. The Hall–Kier alpha value is -1.62. The second-order valence-corrected chi connectivity index (χ2v) is 5.95. The van der Waals surface area contributed by atoms with Crippen molar-refractivity contribution in [1.29, 1.82) is 0 Å². The van der Waals surface area contributed by atoms with Crippen molar-refractivity contribution in [3.63, 3.8) is 0 Å². The van der Waals surface area contributed by atoms with Gasteiger partial charge in [0.1, 0.15) is 0 Å². The summed E-state index contributed by atoms with van der Waals surface area (Å²) < 4.78 is 0. The van der Waals surface area contributed by atoms with Gasteiger partial charge in [0.2, 0.25) is 0 Å². The molecule has 2 unspecified atom stereocenters. The Morgan fingerprint density at radius 2 is 2.26 bits per heavy atom. The van der Waals surface area contributed by atoms with Gasteiger partial charge in [-0.05, 0) is 24.5 Å². The summed E-state index contributed by atoms with van der Waals surface area (Å²) in [6.45, 7) is 1.84. The number of fused-ring (bicyclic) bond motifs is 1. The number of amides is 1. The number of aryl methyl sites for hydroxylation is 1. The fourth-order valence-corrected chi connectivity index (χ4v) is 3.28. The topological polar surface area (TPSA) is 57.8 Å². The highest BCUT2D eigenvalue weighted by Gasteiger charge is 2.32. The SMILES string of the molecule is Cc1[nH]ncc1C(=O)NC1c2ccccc2CC1Br. The van der Waals surface area contributed by atoms with E-state index < -0.39 is 0 Å². The number of aromatic amines is 1. The predicted molar refractivity (Wildman–Crippen MR) is 76.4 cm³/mol. The summed E-state index contributed by atoms with van der Waals surface area (Å²) in [5, 5.41) is 9.75. The van der Waals surface area contributed by atoms with Crippen LogP contribution in [0.25, 0.3) is 0 Å². The van der Waals surface area contributed by atoms with Crippen LogP contribution in [0.3, 0.4) is 0 Å². The summed E-state index contributed by atoms with van der Waals surface area (Å²) in [6, 6.07) is 8.23. The second kappa shape index (κ2) is 4.81. The summed E-state index contributed by atoms with van der Waals surface area (Å²) in [4.78, 5) is 12.5. The zero-order chi connectivity index (χ0) is 13.4. The van der Waals surface area contributed by atoms with Crippen LogP contribution in [0.2, 0.25) is 0 Å².